The number of rotatable bonds is 3. The third-order valence-electron chi connectivity index (χ3n) is 5.19. The Balaban J connectivity index is 1.61. The van der Waals surface area contributed by atoms with Crippen molar-refractivity contribution >= 4 is 5.91 Å². The minimum absolute atomic E-state index is 0.0149. The van der Waals surface area contributed by atoms with E-state index in [4.69, 9.17) is 4.52 Å². The molecule has 0 aromatic carbocycles. The molecule has 2 atom stereocenters. The van der Waals surface area contributed by atoms with Crippen molar-refractivity contribution in [3.8, 4) is 0 Å². The number of hydrogen-bond acceptors (Lipinski definition) is 5. The molecule has 23 heavy (non-hydrogen) atoms. The molecule has 0 bridgehead atoms. The second-order valence-corrected chi connectivity index (χ2v) is 6.92. The van der Waals surface area contributed by atoms with Gasteiger partial charge in [0.15, 0.2) is 5.82 Å². The van der Waals surface area contributed by atoms with Gasteiger partial charge in [-0.1, -0.05) is 18.0 Å². The summed E-state index contributed by atoms with van der Waals surface area (Å²) in [6, 6.07) is -0.0149. The normalized spacial score (nSPS) is 25.1. The quantitative estimate of drug-likeness (QED) is 0.855. The monoisotopic (exact) mass is 320 g/mol. The summed E-state index contributed by atoms with van der Waals surface area (Å²) in [5.74, 6) is 1.82. The van der Waals surface area contributed by atoms with Crippen LogP contribution in [0.2, 0.25) is 0 Å². The first-order valence-corrected chi connectivity index (χ1v) is 8.98. The van der Waals surface area contributed by atoms with Crippen molar-refractivity contribution in [1.82, 2.24) is 19.9 Å². The van der Waals surface area contributed by atoms with Crippen LogP contribution in [-0.4, -0.2) is 58.1 Å². The van der Waals surface area contributed by atoms with E-state index in [9.17, 15) is 4.79 Å². The number of aromatic nitrogens is 2. The van der Waals surface area contributed by atoms with Gasteiger partial charge >= 0.3 is 0 Å². The Morgan fingerprint density at radius 1 is 1.17 bits per heavy atom. The lowest BCUT2D eigenvalue weighted by molar-refractivity contribution is -0.137. The van der Waals surface area contributed by atoms with Gasteiger partial charge in [0.2, 0.25) is 11.8 Å². The zero-order valence-electron chi connectivity index (χ0n) is 14.3. The van der Waals surface area contributed by atoms with E-state index in [1.165, 1.54) is 25.7 Å². The van der Waals surface area contributed by atoms with E-state index in [2.05, 4.69) is 22.0 Å². The molecule has 2 aliphatic heterocycles. The number of amides is 1. The second kappa shape index (κ2) is 7.43. The molecule has 0 spiro atoms. The molecule has 0 radical (unpaired) electrons. The van der Waals surface area contributed by atoms with Gasteiger partial charge < -0.3 is 9.42 Å². The molecule has 128 valence electrons. The predicted octanol–water partition coefficient (Wildman–Crippen LogP) is 2.35. The molecule has 2 aliphatic rings. The Kier molecular flexibility index (Phi) is 5.30. The molecule has 6 heteroatoms. The molecule has 6 nitrogen and oxygen atoms in total. The van der Waals surface area contributed by atoms with Gasteiger partial charge in [0.1, 0.15) is 0 Å². The van der Waals surface area contributed by atoms with E-state index in [1.54, 1.807) is 0 Å². The molecule has 0 saturated carbocycles. The summed E-state index contributed by atoms with van der Waals surface area (Å²) in [4.78, 5) is 21.6. The third-order valence-corrected chi connectivity index (χ3v) is 5.19. The molecule has 1 amide bonds. The summed E-state index contributed by atoms with van der Waals surface area (Å²) >= 11 is 0. The Hall–Kier alpha value is -1.43. The van der Waals surface area contributed by atoms with Gasteiger partial charge in [-0.05, 0) is 45.7 Å². The summed E-state index contributed by atoms with van der Waals surface area (Å²) in [6.07, 6.45) is 7.04. The number of nitrogens with zero attached hydrogens (tertiary/aromatic N) is 4. The van der Waals surface area contributed by atoms with Crippen LogP contribution < -0.4 is 0 Å². The van der Waals surface area contributed by atoms with Crippen LogP contribution in [0.25, 0.3) is 0 Å². The SMILES string of the molecule is Cc1nc([C@@H]2CCCN(C(=O)[C@@H](C)N3CCCCCC3)C2)no1. The zero-order valence-corrected chi connectivity index (χ0v) is 14.3. The van der Waals surface area contributed by atoms with Crippen molar-refractivity contribution in [2.75, 3.05) is 26.2 Å². The lowest BCUT2D eigenvalue weighted by Crippen LogP contribution is -2.50. The average Bonchev–Trinajstić information content (AvgIpc) is 2.84. The number of likely N-dealkylation sites (tertiary alicyclic amines) is 2. The minimum Gasteiger partial charge on any atom is -0.341 e. The minimum atomic E-state index is -0.0149. The van der Waals surface area contributed by atoms with E-state index in [0.717, 1.165) is 44.8 Å². The Labute approximate surface area is 138 Å². The predicted molar refractivity (Wildman–Crippen MR) is 87.1 cm³/mol. The van der Waals surface area contributed by atoms with Gasteiger partial charge in [0.05, 0.1) is 6.04 Å². The largest absolute Gasteiger partial charge is 0.341 e. The fourth-order valence-electron chi connectivity index (χ4n) is 3.77. The van der Waals surface area contributed by atoms with Crippen LogP contribution in [0.15, 0.2) is 4.52 Å². The molecule has 1 aromatic rings. The molecular formula is C17H28N4O2. The number of aryl methyl sites for hydroxylation is 1. The topological polar surface area (TPSA) is 62.5 Å². The highest BCUT2D eigenvalue weighted by atomic mass is 16.5. The van der Waals surface area contributed by atoms with Crippen LogP contribution in [-0.2, 0) is 4.79 Å². The van der Waals surface area contributed by atoms with Crippen LogP contribution in [0.4, 0.5) is 0 Å². The first-order valence-electron chi connectivity index (χ1n) is 8.98. The average molecular weight is 320 g/mol. The summed E-state index contributed by atoms with van der Waals surface area (Å²) in [5, 5.41) is 4.05. The van der Waals surface area contributed by atoms with Crippen molar-refractivity contribution < 1.29 is 9.32 Å². The number of carbonyl (C=O) groups excluding carboxylic acids is 1. The Morgan fingerprint density at radius 2 is 1.91 bits per heavy atom. The van der Waals surface area contributed by atoms with Gasteiger partial charge in [-0.2, -0.15) is 4.98 Å². The molecule has 3 rings (SSSR count). The van der Waals surface area contributed by atoms with Crippen molar-refractivity contribution in [3.63, 3.8) is 0 Å². The van der Waals surface area contributed by atoms with Crippen LogP contribution in [0.1, 0.15) is 63.1 Å². The summed E-state index contributed by atoms with van der Waals surface area (Å²) < 4.78 is 5.10. The van der Waals surface area contributed by atoms with E-state index >= 15 is 0 Å². The molecule has 0 N–H and O–H groups in total. The molecule has 1 aromatic heterocycles. The van der Waals surface area contributed by atoms with Crippen molar-refractivity contribution in [2.24, 2.45) is 0 Å². The van der Waals surface area contributed by atoms with Gasteiger partial charge in [0.25, 0.3) is 0 Å². The Morgan fingerprint density at radius 3 is 2.57 bits per heavy atom. The number of hydrogen-bond donors (Lipinski definition) is 0. The van der Waals surface area contributed by atoms with Gasteiger partial charge in [0, 0.05) is 25.9 Å². The van der Waals surface area contributed by atoms with Crippen molar-refractivity contribution in [1.29, 1.82) is 0 Å². The molecule has 2 saturated heterocycles. The molecule has 3 heterocycles. The number of carbonyl (C=O) groups is 1. The van der Waals surface area contributed by atoms with Gasteiger partial charge in [-0.15, -0.1) is 0 Å². The standard InChI is InChI=1S/C17H28N4O2/c1-13(20-9-5-3-4-6-10-20)17(22)21-11-7-8-15(12-21)16-18-14(2)23-19-16/h13,15H,3-12H2,1-2H3/t13-,15-/m1/s1. The van der Waals surface area contributed by atoms with E-state index in [1.807, 2.05) is 11.8 Å². The van der Waals surface area contributed by atoms with Gasteiger partial charge in [-0.25, -0.2) is 0 Å². The third kappa shape index (κ3) is 3.91. The maximum atomic E-state index is 12.9. The smallest absolute Gasteiger partial charge is 0.239 e. The molecule has 0 aliphatic carbocycles. The van der Waals surface area contributed by atoms with Crippen LogP contribution in [0, 0.1) is 6.92 Å². The summed E-state index contributed by atoms with van der Waals surface area (Å²) in [7, 11) is 0. The highest BCUT2D eigenvalue weighted by Gasteiger charge is 2.32. The first kappa shape index (κ1) is 16.4. The highest BCUT2D eigenvalue weighted by molar-refractivity contribution is 5.81. The Bertz CT molecular complexity index is 522. The maximum Gasteiger partial charge on any atom is 0.239 e. The van der Waals surface area contributed by atoms with Crippen LogP contribution in [0.5, 0.6) is 0 Å². The first-order chi connectivity index (χ1) is 11.1. The van der Waals surface area contributed by atoms with Crippen LogP contribution >= 0.6 is 0 Å². The van der Waals surface area contributed by atoms with Crippen LogP contribution in [0.3, 0.4) is 0 Å². The zero-order chi connectivity index (χ0) is 16.2. The van der Waals surface area contributed by atoms with E-state index < -0.39 is 0 Å². The molecular weight excluding hydrogens is 292 g/mol. The fourth-order valence-corrected chi connectivity index (χ4v) is 3.77. The number of piperidine rings is 1. The van der Waals surface area contributed by atoms with Crippen molar-refractivity contribution in [3.05, 3.63) is 11.7 Å². The van der Waals surface area contributed by atoms with E-state index in [-0.39, 0.29) is 17.9 Å². The van der Waals surface area contributed by atoms with E-state index in [0.29, 0.717) is 5.89 Å². The summed E-state index contributed by atoms with van der Waals surface area (Å²) in [6.45, 7) is 7.54. The summed E-state index contributed by atoms with van der Waals surface area (Å²) in [5.41, 5.74) is 0. The molecule has 2 fully saturated rings. The fraction of sp³-hybridized carbons (Fsp3) is 0.824. The van der Waals surface area contributed by atoms with Crippen molar-refractivity contribution in [2.45, 2.75) is 64.3 Å². The lowest BCUT2D eigenvalue weighted by atomic mass is 9.96. The lowest BCUT2D eigenvalue weighted by Gasteiger charge is -2.36. The maximum absolute atomic E-state index is 12.9. The highest BCUT2D eigenvalue weighted by Crippen LogP contribution is 2.26. The second-order valence-electron chi connectivity index (χ2n) is 6.92. The van der Waals surface area contributed by atoms with Gasteiger partial charge in [-0.3, -0.25) is 9.69 Å². The molecule has 0 unspecified atom stereocenters.